The fraction of sp³-hybridized carbons (Fsp3) is 1.00. The molecule has 0 aromatic heterocycles. The molecule has 0 aromatic rings. The Labute approximate surface area is 167 Å². The van der Waals surface area contributed by atoms with Gasteiger partial charge < -0.3 is 14.9 Å². The molecule has 0 bridgehead atoms. The van der Waals surface area contributed by atoms with Crippen LogP contribution in [0.4, 0.5) is 0 Å². The molecule has 0 rings (SSSR count). The molecule has 0 aliphatic heterocycles. The summed E-state index contributed by atoms with van der Waals surface area (Å²) in [5.41, 5.74) is -1.34. The largest absolute Gasteiger partial charge is 0.469 e. The number of phosphoric acid groups is 1. The topological polar surface area (TPSA) is 87.0 Å². The lowest BCUT2D eigenvalue weighted by Gasteiger charge is -2.42. The molecule has 0 spiro atoms. The quantitative estimate of drug-likeness (QED) is 0.128. The molecule has 7 heteroatoms. The van der Waals surface area contributed by atoms with Crippen molar-refractivity contribution in [1.82, 2.24) is 0 Å². The van der Waals surface area contributed by atoms with E-state index in [2.05, 4.69) is 11.4 Å². The first kappa shape index (κ1) is 27.0. The summed E-state index contributed by atoms with van der Waals surface area (Å²) in [4.78, 5) is 17.6. The summed E-state index contributed by atoms with van der Waals surface area (Å²) in [5.74, 6) is 0. The van der Waals surface area contributed by atoms with Gasteiger partial charge in [0.05, 0.1) is 20.6 Å². The van der Waals surface area contributed by atoms with Crippen molar-refractivity contribution < 1.29 is 28.5 Å². The van der Waals surface area contributed by atoms with E-state index in [0.29, 0.717) is 0 Å². The predicted molar refractivity (Wildman–Crippen MR) is 111 cm³/mol. The maximum atomic E-state index is 10.8. The molecule has 0 fully saturated rings. The first-order valence-electron chi connectivity index (χ1n) is 10.8. The van der Waals surface area contributed by atoms with Gasteiger partial charge in [-0.05, 0) is 12.8 Å². The first-order chi connectivity index (χ1) is 12.5. The number of rotatable bonds is 18. The summed E-state index contributed by atoms with van der Waals surface area (Å²) in [6.07, 6.45) is 16.8. The SMILES string of the molecule is CCCCCCCCCCCCCCC[N+](C)(C)C(C)(O)COP(=O)(O)O. The first-order valence-corrected chi connectivity index (χ1v) is 12.3. The summed E-state index contributed by atoms with van der Waals surface area (Å²) in [7, 11) is -0.833. The van der Waals surface area contributed by atoms with Crippen LogP contribution in [-0.4, -0.2) is 52.3 Å². The van der Waals surface area contributed by atoms with Crippen LogP contribution < -0.4 is 0 Å². The van der Waals surface area contributed by atoms with Crippen molar-refractivity contribution in [2.45, 2.75) is 103 Å². The van der Waals surface area contributed by atoms with Crippen LogP contribution in [0, 0.1) is 0 Å². The normalized spacial score (nSPS) is 15.1. The number of quaternary nitrogens is 1. The Morgan fingerprint density at radius 2 is 1.19 bits per heavy atom. The van der Waals surface area contributed by atoms with Crippen molar-refractivity contribution >= 4 is 7.82 Å². The van der Waals surface area contributed by atoms with Crippen LogP contribution in [0.5, 0.6) is 0 Å². The third-order valence-corrected chi connectivity index (χ3v) is 6.10. The van der Waals surface area contributed by atoms with E-state index >= 15 is 0 Å². The zero-order chi connectivity index (χ0) is 20.8. The minimum absolute atomic E-state index is 0.255. The van der Waals surface area contributed by atoms with Crippen molar-refractivity contribution in [3.05, 3.63) is 0 Å². The van der Waals surface area contributed by atoms with Crippen LogP contribution >= 0.6 is 7.82 Å². The third-order valence-electron chi connectivity index (χ3n) is 5.63. The van der Waals surface area contributed by atoms with Gasteiger partial charge in [0.25, 0.3) is 0 Å². The molecule has 0 amide bonds. The highest BCUT2D eigenvalue weighted by Gasteiger charge is 2.40. The third kappa shape index (κ3) is 14.7. The minimum Gasteiger partial charge on any atom is -0.341 e. The van der Waals surface area contributed by atoms with Crippen molar-refractivity contribution in [1.29, 1.82) is 0 Å². The lowest BCUT2D eigenvalue weighted by molar-refractivity contribution is -0.965. The molecule has 0 aromatic carbocycles. The number of aliphatic hydroxyl groups is 1. The maximum absolute atomic E-state index is 10.8. The Balaban J connectivity index is 3.69. The predicted octanol–water partition coefficient (Wildman–Crippen LogP) is 4.97. The molecule has 0 saturated carbocycles. The second-order valence-corrected chi connectivity index (χ2v) is 9.87. The molecule has 6 nitrogen and oxygen atoms in total. The lowest BCUT2D eigenvalue weighted by Crippen LogP contribution is -2.60. The number of hydrogen-bond donors (Lipinski definition) is 3. The smallest absolute Gasteiger partial charge is 0.341 e. The van der Waals surface area contributed by atoms with Crippen molar-refractivity contribution in [3.63, 3.8) is 0 Å². The van der Waals surface area contributed by atoms with Gasteiger partial charge in [-0.1, -0.05) is 77.6 Å². The molecule has 3 N–H and O–H groups in total. The second-order valence-electron chi connectivity index (χ2n) is 8.63. The molecule has 0 aliphatic rings. The summed E-state index contributed by atoms with van der Waals surface area (Å²) in [5, 5.41) is 10.5. The molecular formula is C20H45NO5P+. The fourth-order valence-corrected chi connectivity index (χ4v) is 3.56. The van der Waals surface area contributed by atoms with Crippen LogP contribution in [0.2, 0.25) is 0 Å². The molecule has 27 heavy (non-hydrogen) atoms. The van der Waals surface area contributed by atoms with E-state index in [0.717, 1.165) is 19.4 Å². The zero-order valence-corrected chi connectivity index (χ0v) is 19.1. The Morgan fingerprint density at radius 3 is 1.56 bits per heavy atom. The van der Waals surface area contributed by atoms with E-state index in [9.17, 15) is 9.67 Å². The van der Waals surface area contributed by atoms with Crippen LogP contribution in [0.15, 0.2) is 0 Å². The molecule has 0 radical (unpaired) electrons. The van der Waals surface area contributed by atoms with Gasteiger partial charge in [-0.3, -0.25) is 9.01 Å². The summed E-state index contributed by atoms with van der Waals surface area (Å²) in [6.45, 7) is 4.17. The average Bonchev–Trinajstić information content (AvgIpc) is 2.56. The van der Waals surface area contributed by atoms with Crippen LogP contribution in [0.1, 0.15) is 97.3 Å². The molecule has 1 unspecified atom stereocenters. The molecule has 0 aliphatic carbocycles. The number of hydrogen-bond acceptors (Lipinski definition) is 3. The van der Waals surface area contributed by atoms with E-state index < -0.39 is 13.5 Å². The second kappa shape index (κ2) is 14.1. The minimum atomic E-state index is -4.56. The van der Waals surface area contributed by atoms with Gasteiger partial charge >= 0.3 is 7.82 Å². The highest BCUT2D eigenvalue weighted by atomic mass is 31.2. The Bertz CT molecular complexity index is 409. The van der Waals surface area contributed by atoms with Crippen molar-refractivity contribution in [2.75, 3.05) is 27.2 Å². The Morgan fingerprint density at radius 1 is 0.815 bits per heavy atom. The number of likely N-dealkylation sites (N-methyl/N-ethyl adjacent to an activating group) is 1. The van der Waals surface area contributed by atoms with Crippen LogP contribution in [0.3, 0.4) is 0 Å². The average molecular weight is 411 g/mol. The van der Waals surface area contributed by atoms with E-state index in [-0.39, 0.29) is 11.1 Å². The van der Waals surface area contributed by atoms with Gasteiger partial charge in [-0.2, -0.15) is 0 Å². The fourth-order valence-electron chi connectivity index (χ4n) is 3.15. The van der Waals surface area contributed by atoms with E-state index in [1.807, 2.05) is 14.1 Å². The highest BCUT2D eigenvalue weighted by Crippen LogP contribution is 2.37. The molecule has 0 saturated heterocycles. The number of unbranched alkanes of at least 4 members (excludes halogenated alkanes) is 12. The van der Waals surface area contributed by atoms with Gasteiger partial charge in [-0.25, -0.2) is 4.57 Å². The van der Waals surface area contributed by atoms with Gasteiger partial charge in [0.15, 0.2) is 0 Å². The van der Waals surface area contributed by atoms with E-state index in [1.54, 1.807) is 6.92 Å². The Kier molecular flexibility index (Phi) is 14.1. The van der Waals surface area contributed by atoms with Crippen LogP contribution in [-0.2, 0) is 9.09 Å². The number of nitrogens with zero attached hydrogens (tertiary/aromatic N) is 1. The van der Waals surface area contributed by atoms with Crippen molar-refractivity contribution in [2.24, 2.45) is 0 Å². The Hall–Kier alpha value is 0.0300. The molecule has 0 heterocycles. The van der Waals surface area contributed by atoms with Gasteiger partial charge in [0, 0.05) is 6.92 Å². The molecular weight excluding hydrogens is 365 g/mol. The summed E-state index contributed by atoms with van der Waals surface area (Å²) >= 11 is 0. The summed E-state index contributed by atoms with van der Waals surface area (Å²) < 4.78 is 15.6. The molecule has 164 valence electrons. The van der Waals surface area contributed by atoms with Gasteiger partial charge in [0.1, 0.15) is 6.61 Å². The van der Waals surface area contributed by atoms with Gasteiger partial charge in [0.2, 0.25) is 5.72 Å². The lowest BCUT2D eigenvalue weighted by atomic mass is 10.0. The number of phosphoric ester groups is 1. The monoisotopic (exact) mass is 410 g/mol. The van der Waals surface area contributed by atoms with Crippen molar-refractivity contribution in [3.8, 4) is 0 Å². The standard InChI is InChI=1S/C20H44NO5P/c1-5-6-7-8-9-10-11-12-13-14-15-16-17-18-21(3,4)20(2,22)19-26-27(23,24)25/h22H,5-19H2,1-4H3,(H-,23,24,25)/p+1. The summed E-state index contributed by atoms with van der Waals surface area (Å²) in [6, 6.07) is 0. The highest BCUT2D eigenvalue weighted by molar-refractivity contribution is 7.46. The maximum Gasteiger partial charge on any atom is 0.469 e. The van der Waals surface area contributed by atoms with E-state index in [1.165, 1.54) is 70.6 Å². The van der Waals surface area contributed by atoms with E-state index in [4.69, 9.17) is 9.79 Å². The zero-order valence-electron chi connectivity index (χ0n) is 18.2. The van der Waals surface area contributed by atoms with Gasteiger partial charge in [-0.15, -0.1) is 0 Å². The molecule has 1 atom stereocenters. The van der Waals surface area contributed by atoms with Crippen LogP contribution in [0.25, 0.3) is 0 Å².